The second kappa shape index (κ2) is 7.50. The summed E-state index contributed by atoms with van der Waals surface area (Å²) in [4.78, 5) is 11.4. The van der Waals surface area contributed by atoms with Crippen LogP contribution in [0.2, 0.25) is 0 Å². The average molecular weight is 333 g/mol. The van der Waals surface area contributed by atoms with Crippen LogP contribution in [-0.2, 0) is 4.79 Å². The lowest BCUT2D eigenvalue weighted by molar-refractivity contribution is -0.122. The molecular weight excluding hydrogens is 292 g/mol. The molecule has 0 heterocycles. The summed E-state index contributed by atoms with van der Waals surface area (Å²) in [5.41, 5.74) is 0.418. The van der Waals surface area contributed by atoms with Gasteiger partial charge >= 0.3 is 0 Å². The van der Waals surface area contributed by atoms with E-state index >= 15 is 0 Å². The third-order valence-electron chi connectivity index (χ3n) is 8.75. The van der Waals surface area contributed by atoms with Crippen LogP contribution in [0.5, 0.6) is 0 Å². The largest absolute Gasteiger partial charge is 0.303 e. The summed E-state index contributed by atoms with van der Waals surface area (Å²) in [6.07, 6.45) is 14.6. The molecule has 24 heavy (non-hydrogen) atoms. The van der Waals surface area contributed by atoms with Crippen molar-refractivity contribution in [2.45, 2.75) is 91.9 Å². The molecule has 0 radical (unpaired) electrons. The van der Waals surface area contributed by atoms with Crippen molar-refractivity contribution in [3.8, 4) is 0 Å². The second-order valence-electron chi connectivity index (χ2n) is 9.78. The molecule has 138 valence electrons. The first-order valence-electron chi connectivity index (χ1n) is 11.0. The quantitative estimate of drug-likeness (QED) is 0.507. The third kappa shape index (κ3) is 2.99. The van der Waals surface area contributed by atoms with E-state index in [0.29, 0.717) is 11.3 Å². The Hall–Kier alpha value is -0.330. The monoisotopic (exact) mass is 332 g/mol. The van der Waals surface area contributed by atoms with Crippen LogP contribution in [-0.4, -0.2) is 6.29 Å². The Morgan fingerprint density at radius 1 is 1.04 bits per heavy atom. The Morgan fingerprint density at radius 3 is 2.46 bits per heavy atom. The van der Waals surface area contributed by atoms with Crippen molar-refractivity contribution in [3.05, 3.63) is 0 Å². The molecule has 8 unspecified atom stereocenters. The zero-order chi connectivity index (χ0) is 17.3. The Labute approximate surface area is 150 Å². The van der Waals surface area contributed by atoms with Gasteiger partial charge in [-0.3, -0.25) is 0 Å². The van der Waals surface area contributed by atoms with Crippen molar-refractivity contribution in [2.24, 2.45) is 46.8 Å². The Balaban J connectivity index is 1.93. The number of hydrogen-bond donors (Lipinski definition) is 0. The van der Waals surface area contributed by atoms with Gasteiger partial charge in [0.05, 0.1) is 0 Å². The van der Waals surface area contributed by atoms with Gasteiger partial charge in [0.1, 0.15) is 6.29 Å². The molecule has 0 bridgehead atoms. The van der Waals surface area contributed by atoms with Gasteiger partial charge in [-0.25, -0.2) is 0 Å². The lowest BCUT2D eigenvalue weighted by atomic mass is 9.45. The van der Waals surface area contributed by atoms with Crippen LogP contribution in [0.4, 0.5) is 0 Å². The summed E-state index contributed by atoms with van der Waals surface area (Å²) in [7, 11) is 0. The van der Waals surface area contributed by atoms with Crippen molar-refractivity contribution >= 4 is 6.29 Å². The Bertz CT molecular complexity index is 430. The molecule has 8 atom stereocenters. The van der Waals surface area contributed by atoms with Crippen molar-refractivity contribution < 1.29 is 4.79 Å². The van der Waals surface area contributed by atoms with Crippen molar-refractivity contribution in [2.75, 3.05) is 0 Å². The number of hydrogen-bond acceptors (Lipinski definition) is 1. The topological polar surface area (TPSA) is 17.1 Å². The van der Waals surface area contributed by atoms with E-state index in [9.17, 15) is 4.79 Å². The molecule has 0 aromatic rings. The van der Waals surface area contributed by atoms with E-state index in [0.717, 1.165) is 41.9 Å². The normalized spacial score (nSPS) is 47.9. The van der Waals surface area contributed by atoms with Gasteiger partial charge in [0, 0.05) is 6.42 Å². The lowest BCUT2D eigenvalue weighted by Crippen LogP contribution is -2.52. The van der Waals surface area contributed by atoms with Gasteiger partial charge in [-0.15, -0.1) is 0 Å². The van der Waals surface area contributed by atoms with Gasteiger partial charge < -0.3 is 4.79 Å². The lowest BCUT2D eigenvalue weighted by Gasteiger charge is -2.59. The highest BCUT2D eigenvalue weighted by Crippen LogP contribution is 2.64. The van der Waals surface area contributed by atoms with E-state index in [1.807, 2.05) is 0 Å². The van der Waals surface area contributed by atoms with E-state index < -0.39 is 0 Å². The average Bonchev–Trinajstić information content (AvgIpc) is 2.94. The highest BCUT2D eigenvalue weighted by Gasteiger charge is 2.56. The zero-order valence-electron chi connectivity index (χ0n) is 16.6. The van der Waals surface area contributed by atoms with Crippen molar-refractivity contribution in [3.63, 3.8) is 0 Å². The fourth-order valence-electron chi connectivity index (χ4n) is 7.78. The molecule has 1 heteroatoms. The molecule has 0 aliphatic heterocycles. The number of aldehydes is 1. The Morgan fingerprint density at radius 2 is 1.79 bits per heavy atom. The molecule has 0 amide bonds. The molecular formula is C23H40O. The minimum absolute atomic E-state index is 0.418. The molecule has 0 spiro atoms. The van der Waals surface area contributed by atoms with Crippen molar-refractivity contribution in [1.82, 2.24) is 0 Å². The number of rotatable bonds is 6. The predicted molar refractivity (Wildman–Crippen MR) is 102 cm³/mol. The van der Waals surface area contributed by atoms with Crippen LogP contribution in [0.25, 0.3) is 0 Å². The standard InChI is InChI=1S/C23H40O/c1-5-7-17-15-18(12-14-24)23(4,13-6-2)21-11-10-19-16(3)8-9-20(19)22(17)21/h14,16-22H,5-13,15H2,1-4H3. The van der Waals surface area contributed by atoms with E-state index in [4.69, 9.17) is 0 Å². The summed E-state index contributed by atoms with van der Waals surface area (Å²) in [5, 5.41) is 0. The maximum Gasteiger partial charge on any atom is 0.120 e. The van der Waals surface area contributed by atoms with Crippen molar-refractivity contribution in [1.29, 1.82) is 0 Å². The van der Waals surface area contributed by atoms with Gasteiger partial charge in [-0.2, -0.15) is 0 Å². The molecule has 3 fully saturated rings. The van der Waals surface area contributed by atoms with Gasteiger partial charge in [0.15, 0.2) is 0 Å². The minimum Gasteiger partial charge on any atom is -0.303 e. The van der Waals surface area contributed by atoms with E-state index in [1.54, 1.807) is 0 Å². The molecule has 3 aliphatic carbocycles. The molecule has 3 aliphatic rings. The summed E-state index contributed by atoms with van der Waals surface area (Å²) in [6.45, 7) is 9.80. The molecule has 0 aromatic heterocycles. The fourth-order valence-corrected chi connectivity index (χ4v) is 7.78. The summed E-state index contributed by atoms with van der Waals surface area (Å²) in [6, 6.07) is 0. The molecule has 0 aromatic carbocycles. The first-order valence-corrected chi connectivity index (χ1v) is 11.0. The van der Waals surface area contributed by atoms with Gasteiger partial charge in [-0.05, 0) is 78.9 Å². The van der Waals surface area contributed by atoms with Gasteiger partial charge in [-0.1, -0.05) is 53.4 Å². The highest BCUT2D eigenvalue weighted by atomic mass is 16.1. The smallest absolute Gasteiger partial charge is 0.120 e. The second-order valence-corrected chi connectivity index (χ2v) is 9.78. The Kier molecular flexibility index (Phi) is 5.77. The summed E-state index contributed by atoms with van der Waals surface area (Å²) in [5.74, 6) is 6.37. The number of carbonyl (C=O) groups is 1. The van der Waals surface area contributed by atoms with E-state index in [1.165, 1.54) is 64.1 Å². The van der Waals surface area contributed by atoms with Crippen LogP contribution in [0, 0.1) is 46.8 Å². The number of fused-ring (bicyclic) bond motifs is 3. The van der Waals surface area contributed by atoms with Gasteiger partial charge in [0.25, 0.3) is 0 Å². The molecule has 0 saturated heterocycles. The van der Waals surface area contributed by atoms with Crippen LogP contribution in [0.1, 0.15) is 91.9 Å². The SMILES string of the molecule is CCCC1CC(CC=O)C(C)(CCC)C2CCC3C(C)CCC3C12. The highest BCUT2D eigenvalue weighted by molar-refractivity contribution is 5.50. The predicted octanol–water partition coefficient (Wildman–Crippen LogP) is 6.51. The summed E-state index contributed by atoms with van der Waals surface area (Å²) >= 11 is 0. The molecule has 0 N–H and O–H groups in total. The molecule has 1 nitrogen and oxygen atoms in total. The molecule has 3 rings (SSSR count). The minimum atomic E-state index is 0.418. The maximum absolute atomic E-state index is 11.4. The van der Waals surface area contributed by atoms with Crippen LogP contribution in [0.15, 0.2) is 0 Å². The fraction of sp³-hybridized carbons (Fsp3) is 0.957. The zero-order valence-corrected chi connectivity index (χ0v) is 16.6. The van der Waals surface area contributed by atoms with Crippen LogP contribution in [0.3, 0.4) is 0 Å². The van der Waals surface area contributed by atoms with E-state index in [-0.39, 0.29) is 0 Å². The first kappa shape index (κ1) is 18.5. The maximum atomic E-state index is 11.4. The third-order valence-corrected chi connectivity index (χ3v) is 8.75. The van der Waals surface area contributed by atoms with E-state index in [2.05, 4.69) is 27.7 Å². The van der Waals surface area contributed by atoms with Gasteiger partial charge in [0.2, 0.25) is 0 Å². The number of carbonyl (C=O) groups excluding carboxylic acids is 1. The first-order chi connectivity index (χ1) is 11.6. The van der Waals surface area contributed by atoms with Crippen LogP contribution < -0.4 is 0 Å². The molecule has 3 saturated carbocycles. The van der Waals surface area contributed by atoms with Crippen LogP contribution >= 0.6 is 0 Å². The summed E-state index contributed by atoms with van der Waals surface area (Å²) < 4.78 is 0.